The molecule has 0 saturated heterocycles. The molecule has 0 saturated carbocycles. The van der Waals surface area contributed by atoms with Gasteiger partial charge in [-0.1, -0.05) is 6.07 Å². The van der Waals surface area contributed by atoms with Crippen molar-refractivity contribution in [1.29, 1.82) is 0 Å². The van der Waals surface area contributed by atoms with Crippen LogP contribution in [0.15, 0.2) is 42.7 Å². The van der Waals surface area contributed by atoms with Gasteiger partial charge in [0.1, 0.15) is 23.6 Å². The first kappa shape index (κ1) is 20.9. The number of ether oxygens (including phenoxy) is 2. The van der Waals surface area contributed by atoms with Crippen LogP contribution < -0.4 is 9.47 Å². The number of aromatic nitrogens is 4. The van der Waals surface area contributed by atoms with Crippen LogP contribution in [0.3, 0.4) is 0 Å². The first-order valence-corrected chi connectivity index (χ1v) is 10.5. The molecule has 4 aromatic rings. The lowest BCUT2D eigenvalue weighted by atomic mass is 9.93. The van der Waals surface area contributed by atoms with E-state index in [0.29, 0.717) is 26.1 Å². The molecule has 1 N–H and O–H groups in total. The lowest BCUT2D eigenvalue weighted by molar-refractivity contribution is -0.122. The van der Waals surface area contributed by atoms with E-state index in [0.717, 1.165) is 50.9 Å². The van der Waals surface area contributed by atoms with Crippen molar-refractivity contribution >= 4 is 12.1 Å². The van der Waals surface area contributed by atoms with E-state index in [-0.39, 0.29) is 18.2 Å². The van der Waals surface area contributed by atoms with Gasteiger partial charge in [0.2, 0.25) is 0 Å². The van der Waals surface area contributed by atoms with Crippen LogP contribution in [0.2, 0.25) is 0 Å². The molecular weight excluding hydrogens is 427 g/mol. The Bertz CT molecular complexity index is 1350. The maximum Gasteiger partial charge on any atom is 0.290 e. The molecule has 0 fully saturated rings. The molecule has 0 unspecified atom stereocenters. The summed E-state index contributed by atoms with van der Waals surface area (Å²) in [4.78, 5) is 13.0. The van der Waals surface area contributed by atoms with Gasteiger partial charge in [0, 0.05) is 16.8 Å². The van der Waals surface area contributed by atoms with E-state index in [1.807, 2.05) is 35.6 Å². The summed E-state index contributed by atoms with van der Waals surface area (Å²) in [7, 11) is 0. The zero-order chi connectivity index (χ0) is 22.9. The molecule has 2 aliphatic rings. The average Bonchev–Trinajstić information content (AvgIpc) is 3.45. The highest BCUT2D eigenvalue weighted by atomic mass is 19.1. The summed E-state index contributed by atoms with van der Waals surface area (Å²) < 4.78 is 28.8. The van der Waals surface area contributed by atoms with Crippen molar-refractivity contribution in [2.45, 2.75) is 25.7 Å². The van der Waals surface area contributed by atoms with Crippen LogP contribution in [0.5, 0.6) is 11.5 Å². The van der Waals surface area contributed by atoms with Crippen molar-refractivity contribution in [3.63, 3.8) is 0 Å². The summed E-state index contributed by atoms with van der Waals surface area (Å²) >= 11 is 0. The van der Waals surface area contributed by atoms with Crippen LogP contribution in [-0.2, 0) is 17.6 Å². The summed E-state index contributed by atoms with van der Waals surface area (Å²) in [6, 6.07) is 11.1. The first-order valence-electron chi connectivity index (χ1n) is 10.5. The molecular formula is C24H21FN4O4. The molecule has 0 radical (unpaired) electrons. The minimum atomic E-state index is -0.250. The second-order valence-electron chi connectivity index (χ2n) is 7.92. The van der Waals surface area contributed by atoms with Gasteiger partial charge in [-0.2, -0.15) is 0 Å². The number of halogens is 1. The number of carbonyl (C=O) groups is 1. The van der Waals surface area contributed by atoms with Crippen molar-refractivity contribution in [3.05, 3.63) is 71.1 Å². The molecule has 33 heavy (non-hydrogen) atoms. The lowest BCUT2D eigenvalue weighted by Gasteiger charge is -2.16. The van der Waals surface area contributed by atoms with E-state index < -0.39 is 0 Å². The first-order chi connectivity index (χ1) is 16.1. The van der Waals surface area contributed by atoms with Crippen molar-refractivity contribution in [1.82, 2.24) is 19.6 Å². The van der Waals surface area contributed by atoms with E-state index in [1.165, 1.54) is 6.07 Å². The molecule has 5 heterocycles. The Morgan fingerprint density at radius 3 is 2.73 bits per heavy atom. The van der Waals surface area contributed by atoms with Gasteiger partial charge >= 0.3 is 0 Å². The predicted molar refractivity (Wildman–Crippen MR) is 117 cm³/mol. The summed E-state index contributed by atoms with van der Waals surface area (Å²) in [6.07, 6.45) is 2.85. The van der Waals surface area contributed by atoms with E-state index in [9.17, 15) is 4.39 Å². The molecule has 0 amide bonds. The van der Waals surface area contributed by atoms with Gasteiger partial charge in [0.25, 0.3) is 6.47 Å². The topological polar surface area (TPSA) is 98.8 Å². The van der Waals surface area contributed by atoms with E-state index in [4.69, 9.17) is 19.4 Å². The molecule has 8 nitrogen and oxygen atoms in total. The van der Waals surface area contributed by atoms with Gasteiger partial charge in [0.05, 0.1) is 30.5 Å². The highest BCUT2D eigenvalue weighted by molar-refractivity contribution is 5.77. The zero-order valence-electron chi connectivity index (χ0n) is 17.9. The molecule has 9 heteroatoms. The van der Waals surface area contributed by atoms with E-state index in [1.54, 1.807) is 12.4 Å². The normalized spacial score (nSPS) is 16.1. The van der Waals surface area contributed by atoms with Gasteiger partial charge in [0.15, 0.2) is 5.65 Å². The molecule has 1 atom stereocenters. The standard InChI is InChI=1S/C23H19FN4O2.CH2O2/c1-13-3-2-4-18(26-13)16-9-21-19(28-12-25-27-23(16)28)7-5-15-17(24)6-8-20-22(15)14(10-29-20)11-30-21;2-1-3/h2-4,6,8-9,12,14H,5,7,10-11H2,1H3;1H,(H,2,3)/t14-;/m1./s1. The molecule has 0 spiro atoms. The van der Waals surface area contributed by atoms with Crippen LogP contribution in [0, 0.1) is 12.7 Å². The summed E-state index contributed by atoms with van der Waals surface area (Å²) in [5, 5.41) is 15.4. The van der Waals surface area contributed by atoms with E-state index >= 15 is 0 Å². The van der Waals surface area contributed by atoms with Gasteiger partial charge in [-0.05, 0) is 55.7 Å². The van der Waals surface area contributed by atoms with Gasteiger partial charge in [-0.15, -0.1) is 10.2 Å². The van der Waals surface area contributed by atoms with Crippen LogP contribution in [0.25, 0.3) is 16.9 Å². The number of carboxylic acid groups (broad SMARTS) is 1. The lowest BCUT2D eigenvalue weighted by Crippen LogP contribution is -2.13. The Labute approximate surface area is 188 Å². The molecule has 1 aromatic carbocycles. The zero-order valence-corrected chi connectivity index (χ0v) is 17.9. The van der Waals surface area contributed by atoms with Gasteiger partial charge < -0.3 is 14.6 Å². The van der Waals surface area contributed by atoms with Gasteiger partial charge in [-0.3, -0.25) is 14.2 Å². The Kier molecular flexibility index (Phi) is 5.37. The highest BCUT2D eigenvalue weighted by Gasteiger charge is 2.31. The van der Waals surface area contributed by atoms with Crippen molar-refractivity contribution < 1.29 is 23.8 Å². The Morgan fingerprint density at radius 2 is 1.94 bits per heavy atom. The Morgan fingerprint density at radius 1 is 1.15 bits per heavy atom. The minimum Gasteiger partial charge on any atom is -0.493 e. The van der Waals surface area contributed by atoms with Crippen LogP contribution >= 0.6 is 0 Å². The molecule has 3 aromatic heterocycles. The number of pyridine rings is 2. The van der Waals surface area contributed by atoms with Crippen molar-refractivity contribution in [2.24, 2.45) is 0 Å². The highest BCUT2D eigenvalue weighted by Crippen LogP contribution is 2.41. The third-order valence-electron chi connectivity index (χ3n) is 5.96. The molecule has 0 bridgehead atoms. The number of hydrogen-bond donors (Lipinski definition) is 1. The SMILES string of the molecule is Cc1cccc(-c2cc3c(n4cnnc24)CCc2c(F)ccc4c2[C@H](CO4)CO3)n1.O=CO. The Balaban J connectivity index is 0.000000724. The quantitative estimate of drug-likeness (QED) is 0.444. The van der Waals surface area contributed by atoms with Crippen LogP contribution in [0.1, 0.15) is 28.4 Å². The number of nitrogens with zero attached hydrogens (tertiary/aromatic N) is 4. The fourth-order valence-corrected chi connectivity index (χ4v) is 4.55. The second-order valence-corrected chi connectivity index (χ2v) is 7.92. The fourth-order valence-electron chi connectivity index (χ4n) is 4.55. The maximum absolute atomic E-state index is 14.7. The van der Waals surface area contributed by atoms with Crippen LogP contribution in [0.4, 0.5) is 4.39 Å². The van der Waals surface area contributed by atoms with E-state index in [2.05, 4.69) is 15.2 Å². The number of rotatable bonds is 1. The monoisotopic (exact) mass is 448 g/mol. The number of fused-ring (bicyclic) bond motifs is 3. The summed E-state index contributed by atoms with van der Waals surface area (Å²) in [6.45, 7) is 2.63. The number of hydrogen-bond acceptors (Lipinski definition) is 6. The second kappa shape index (κ2) is 8.50. The third-order valence-corrected chi connectivity index (χ3v) is 5.96. The molecule has 168 valence electrons. The smallest absolute Gasteiger partial charge is 0.290 e. The summed E-state index contributed by atoms with van der Waals surface area (Å²) in [5.74, 6) is 1.34. The number of benzene rings is 1. The summed E-state index contributed by atoms with van der Waals surface area (Å²) in [5.41, 5.74) is 5.93. The van der Waals surface area contributed by atoms with Gasteiger partial charge in [-0.25, -0.2) is 4.39 Å². The molecule has 2 aliphatic heterocycles. The molecule has 6 rings (SSSR count). The van der Waals surface area contributed by atoms with Crippen molar-refractivity contribution in [3.8, 4) is 22.8 Å². The largest absolute Gasteiger partial charge is 0.493 e. The number of aryl methyl sites for hydroxylation is 2. The average molecular weight is 448 g/mol. The van der Waals surface area contributed by atoms with Crippen molar-refractivity contribution in [2.75, 3.05) is 13.2 Å². The fraction of sp³-hybridized carbons (Fsp3) is 0.250. The maximum atomic E-state index is 14.7. The van der Waals surface area contributed by atoms with Crippen LogP contribution in [-0.4, -0.2) is 44.4 Å². The molecule has 0 aliphatic carbocycles. The predicted octanol–water partition coefficient (Wildman–Crippen LogP) is 3.59. The minimum absolute atomic E-state index is 0.00815. The Hall–Kier alpha value is -4.01. The third kappa shape index (κ3) is 3.65.